The molecule has 0 aromatic heterocycles. The second-order valence-corrected chi connectivity index (χ2v) is 8.89. The van der Waals surface area contributed by atoms with E-state index in [0.29, 0.717) is 12.3 Å². The molecule has 160 valence electrons. The summed E-state index contributed by atoms with van der Waals surface area (Å²) in [6, 6.07) is 0. The number of esters is 1. The van der Waals surface area contributed by atoms with Gasteiger partial charge in [-0.3, -0.25) is 0 Å². The first-order chi connectivity index (χ1) is 13.0. The molecule has 4 heteroatoms. The predicted molar refractivity (Wildman–Crippen MR) is 113 cm³/mol. The standard InChI is InChI=1S/C23H45NO3/c1-4-5-6-7-8-9-10-11-12-13-14-15-21(25)22(26)27-23(2,3)20-16-18-24-19-17-20/h20-21,24-25H,4-19H2,1-3H3. The number of unbranched alkanes of at least 4 members (excludes halogenated alkanes) is 10. The SMILES string of the molecule is CCCCCCCCCCCCCC(O)C(=O)OC(C)(C)C1CCNCC1. The van der Waals surface area contributed by atoms with Crippen molar-refractivity contribution in [1.29, 1.82) is 0 Å². The van der Waals surface area contributed by atoms with Gasteiger partial charge in [-0.2, -0.15) is 0 Å². The van der Waals surface area contributed by atoms with Gasteiger partial charge >= 0.3 is 5.97 Å². The second-order valence-electron chi connectivity index (χ2n) is 8.89. The Bertz CT molecular complexity index is 378. The third-order valence-electron chi connectivity index (χ3n) is 6.04. The van der Waals surface area contributed by atoms with E-state index in [1.165, 1.54) is 57.8 Å². The predicted octanol–water partition coefficient (Wildman–Crippen LogP) is 5.37. The van der Waals surface area contributed by atoms with Gasteiger partial charge in [0.2, 0.25) is 0 Å². The maximum Gasteiger partial charge on any atom is 0.335 e. The number of hydrogen-bond donors (Lipinski definition) is 2. The molecule has 1 aliphatic rings. The summed E-state index contributed by atoms with van der Waals surface area (Å²) < 4.78 is 5.67. The Morgan fingerprint density at radius 3 is 1.96 bits per heavy atom. The van der Waals surface area contributed by atoms with Crippen LogP contribution in [0.1, 0.15) is 111 Å². The zero-order valence-electron chi connectivity index (χ0n) is 18.2. The molecule has 1 fully saturated rings. The van der Waals surface area contributed by atoms with Gasteiger partial charge in [-0.1, -0.05) is 77.6 Å². The van der Waals surface area contributed by atoms with E-state index in [4.69, 9.17) is 4.74 Å². The van der Waals surface area contributed by atoms with Gasteiger partial charge in [0.1, 0.15) is 5.60 Å². The number of aliphatic hydroxyl groups excluding tert-OH is 1. The van der Waals surface area contributed by atoms with Crippen molar-refractivity contribution in [1.82, 2.24) is 5.32 Å². The molecule has 1 unspecified atom stereocenters. The molecule has 27 heavy (non-hydrogen) atoms. The molecule has 0 radical (unpaired) electrons. The summed E-state index contributed by atoms with van der Waals surface area (Å²) >= 11 is 0. The van der Waals surface area contributed by atoms with Crippen LogP contribution in [0.15, 0.2) is 0 Å². The van der Waals surface area contributed by atoms with Gasteiger partial charge in [-0.05, 0) is 46.2 Å². The highest BCUT2D eigenvalue weighted by atomic mass is 16.6. The Morgan fingerprint density at radius 2 is 1.44 bits per heavy atom. The van der Waals surface area contributed by atoms with E-state index in [1.807, 2.05) is 13.8 Å². The van der Waals surface area contributed by atoms with E-state index >= 15 is 0 Å². The number of carbonyl (C=O) groups excluding carboxylic acids is 1. The van der Waals surface area contributed by atoms with Crippen LogP contribution < -0.4 is 5.32 Å². The van der Waals surface area contributed by atoms with E-state index in [-0.39, 0.29) is 0 Å². The minimum absolute atomic E-state index is 0.372. The summed E-state index contributed by atoms with van der Waals surface area (Å²) in [5, 5.41) is 13.5. The summed E-state index contributed by atoms with van der Waals surface area (Å²) in [7, 11) is 0. The molecule has 2 N–H and O–H groups in total. The smallest absolute Gasteiger partial charge is 0.335 e. The highest BCUT2D eigenvalue weighted by molar-refractivity contribution is 5.74. The summed E-state index contributed by atoms with van der Waals surface area (Å²) in [5.41, 5.74) is -0.489. The van der Waals surface area contributed by atoms with Gasteiger partial charge < -0.3 is 15.2 Å². The van der Waals surface area contributed by atoms with Crippen molar-refractivity contribution in [2.45, 2.75) is 122 Å². The topological polar surface area (TPSA) is 58.6 Å². The van der Waals surface area contributed by atoms with Gasteiger partial charge in [0, 0.05) is 5.92 Å². The number of rotatable bonds is 15. The van der Waals surface area contributed by atoms with Crippen molar-refractivity contribution in [3.05, 3.63) is 0 Å². The van der Waals surface area contributed by atoms with Crippen molar-refractivity contribution in [3.63, 3.8) is 0 Å². The first-order valence-corrected chi connectivity index (χ1v) is 11.6. The highest BCUT2D eigenvalue weighted by Gasteiger charge is 2.35. The van der Waals surface area contributed by atoms with Crippen LogP contribution in [0, 0.1) is 5.92 Å². The number of hydrogen-bond acceptors (Lipinski definition) is 4. The molecule has 0 aromatic rings. The van der Waals surface area contributed by atoms with Gasteiger partial charge in [0.25, 0.3) is 0 Å². The van der Waals surface area contributed by atoms with Gasteiger partial charge in [-0.15, -0.1) is 0 Å². The van der Waals surface area contributed by atoms with E-state index in [2.05, 4.69) is 12.2 Å². The fraction of sp³-hybridized carbons (Fsp3) is 0.957. The molecule has 0 spiro atoms. The largest absolute Gasteiger partial charge is 0.457 e. The lowest BCUT2D eigenvalue weighted by Gasteiger charge is -2.37. The van der Waals surface area contributed by atoms with Gasteiger partial charge in [0.05, 0.1) is 0 Å². The van der Waals surface area contributed by atoms with Crippen molar-refractivity contribution < 1.29 is 14.6 Å². The van der Waals surface area contributed by atoms with Gasteiger partial charge in [-0.25, -0.2) is 4.79 Å². The molecule has 1 heterocycles. The van der Waals surface area contributed by atoms with Crippen LogP contribution >= 0.6 is 0 Å². The number of ether oxygens (including phenoxy) is 1. The quantitative estimate of drug-likeness (QED) is 0.295. The third-order valence-corrected chi connectivity index (χ3v) is 6.04. The van der Waals surface area contributed by atoms with Crippen LogP contribution in [-0.4, -0.2) is 35.9 Å². The average Bonchev–Trinajstić information content (AvgIpc) is 2.66. The lowest BCUT2D eigenvalue weighted by molar-refractivity contribution is -0.173. The second kappa shape index (κ2) is 14.4. The number of aliphatic hydroxyl groups is 1. The maximum atomic E-state index is 12.2. The van der Waals surface area contributed by atoms with Crippen molar-refractivity contribution in [3.8, 4) is 0 Å². The number of carbonyl (C=O) groups is 1. The minimum atomic E-state index is -0.968. The molecule has 1 atom stereocenters. The van der Waals surface area contributed by atoms with Crippen molar-refractivity contribution >= 4 is 5.97 Å². The average molecular weight is 384 g/mol. The summed E-state index contributed by atoms with van der Waals surface area (Å²) in [5.74, 6) is -0.0671. The molecular formula is C23H45NO3. The minimum Gasteiger partial charge on any atom is -0.457 e. The zero-order chi connectivity index (χ0) is 20.0. The molecule has 0 amide bonds. The Kier molecular flexibility index (Phi) is 13.0. The molecule has 4 nitrogen and oxygen atoms in total. The fourth-order valence-corrected chi connectivity index (χ4v) is 4.05. The Hall–Kier alpha value is -0.610. The highest BCUT2D eigenvalue weighted by Crippen LogP contribution is 2.29. The normalized spacial score (nSPS) is 17.0. The Balaban J connectivity index is 2.03. The summed E-state index contributed by atoms with van der Waals surface area (Å²) in [6.45, 7) is 8.18. The van der Waals surface area contributed by atoms with E-state index in [0.717, 1.165) is 38.8 Å². The zero-order valence-corrected chi connectivity index (χ0v) is 18.2. The molecule has 1 aliphatic heterocycles. The van der Waals surface area contributed by atoms with Crippen LogP contribution in [0.3, 0.4) is 0 Å². The molecule has 0 aromatic carbocycles. The lowest BCUT2D eigenvalue weighted by Crippen LogP contribution is -2.44. The van der Waals surface area contributed by atoms with Crippen LogP contribution in [0.4, 0.5) is 0 Å². The van der Waals surface area contributed by atoms with Crippen LogP contribution in [-0.2, 0) is 9.53 Å². The van der Waals surface area contributed by atoms with E-state index in [9.17, 15) is 9.90 Å². The van der Waals surface area contributed by atoms with Crippen molar-refractivity contribution in [2.75, 3.05) is 13.1 Å². The molecule has 0 saturated carbocycles. The molecule has 0 aliphatic carbocycles. The van der Waals surface area contributed by atoms with Gasteiger partial charge in [0.15, 0.2) is 6.10 Å². The number of piperidine rings is 1. The number of nitrogens with one attached hydrogen (secondary N) is 1. The summed E-state index contributed by atoms with van der Waals surface area (Å²) in [6.07, 6.45) is 15.6. The lowest BCUT2D eigenvalue weighted by atomic mass is 9.83. The monoisotopic (exact) mass is 383 g/mol. The van der Waals surface area contributed by atoms with Crippen LogP contribution in [0.5, 0.6) is 0 Å². The fourth-order valence-electron chi connectivity index (χ4n) is 4.05. The van der Waals surface area contributed by atoms with Crippen LogP contribution in [0.2, 0.25) is 0 Å². The van der Waals surface area contributed by atoms with E-state index < -0.39 is 17.7 Å². The van der Waals surface area contributed by atoms with E-state index in [1.54, 1.807) is 0 Å². The van der Waals surface area contributed by atoms with Crippen LogP contribution in [0.25, 0.3) is 0 Å². The molecule has 1 rings (SSSR count). The molecular weight excluding hydrogens is 338 g/mol. The Labute approximate surface area is 167 Å². The third kappa shape index (κ3) is 11.1. The first-order valence-electron chi connectivity index (χ1n) is 11.6. The molecule has 1 saturated heterocycles. The molecule has 0 bridgehead atoms. The maximum absolute atomic E-state index is 12.2. The summed E-state index contributed by atoms with van der Waals surface area (Å²) in [4.78, 5) is 12.2. The Morgan fingerprint density at radius 1 is 0.963 bits per heavy atom. The first kappa shape index (κ1) is 24.4. The van der Waals surface area contributed by atoms with Crippen molar-refractivity contribution in [2.24, 2.45) is 5.92 Å².